The molecule has 0 unspecified atom stereocenters. The lowest BCUT2D eigenvalue weighted by molar-refractivity contribution is -0.304. The minimum atomic E-state index is -1.61. The molecule has 6 fully saturated rings. The molecule has 0 aromatic heterocycles. The number of fused-ring (bicyclic) bond motifs is 4. The van der Waals surface area contributed by atoms with Gasteiger partial charge in [0.15, 0.2) is 5.79 Å². The Morgan fingerprint density at radius 3 is 2.25 bits per heavy atom. The highest BCUT2D eigenvalue weighted by Crippen LogP contribution is 2.82. The van der Waals surface area contributed by atoms with Crippen LogP contribution in [0.3, 0.4) is 0 Å². The van der Waals surface area contributed by atoms with Gasteiger partial charge in [-0.05, 0) is 99.7 Å². The molecule has 4 N–H and O–H groups in total. The molecule has 2 aliphatic heterocycles. The second kappa shape index (κ2) is 8.87. The highest BCUT2D eigenvalue weighted by Gasteiger charge is 2.78. The van der Waals surface area contributed by atoms with E-state index in [2.05, 4.69) is 20.8 Å². The van der Waals surface area contributed by atoms with Crippen LogP contribution < -0.4 is 0 Å². The molecule has 4 saturated carbocycles. The van der Waals surface area contributed by atoms with E-state index in [1.165, 1.54) is 0 Å². The van der Waals surface area contributed by atoms with Gasteiger partial charge in [0.1, 0.15) is 24.4 Å². The monoisotopic (exact) mass is 566 g/mol. The molecule has 2 bridgehead atoms. The van der Waals surface area contributed by atoms with Gasteiger partial charge in [-0.25, -0.2) is 0 Å². The summed E-state index contributed by atoms with van der Waals surface area (Å²) in [6, 6.07) is 0. The van der Waals surface area contributed by atoms with Crippen molar-refractivity contribution in [3.05, 3.63) is 0 Å². The number of aliphatic hydroxyl groups is 4. The van der Waals surface area contributed by atoms with Gasteiger partial charge < -0.3 is 39.4 Å². The van der Waals surface area contributed by atoms with E-state index in [0.717, 1.165) is 51.4 Å². The number of ether oxygens (including phenoxy) is 4. The minimum Gasteiger partial charge on any atom is -0.432 e. The van der Waals surface area contributed by atoms with E-state index in [0.29, 0.717) is 18.9 Å². The lowest BCUT2D eigenvalue weighted by atomic mass is 9.30. The predicted octanol–water partition coefficient (Wildman–Crippen LogP) is 3.04. The van der Waals surface area contributed by atoms with Crippen LogP contribution in [0.1, 0.15) is 99.3 Å². The van der Waals surface area contributed by atoms with E-state index in [1.807, 2.05) is 20.8 Å². The molecule has 0 radical (unpaired) electrons. The Kier molecular flexibility index (Phi) is 6.49. The number of hydrogen-bond donors (Lipinski definition) is 4. The maximum Gasteiger partial charge on any atom is 0.314 e. The molecule has 2 spiro atoms. The topological polar surface area (TPSA) is 135 Å². The van der Waals surface area contributed by atoms with Crippen molar-refractivity contribution in [3.63, 3.8) is 0 Å². The number of esters is 1. The van der Waals surface area contributed by atoms with Crippen LogP contribution in [0, 0.1) is 33.0 Å². The molecule has 40 heavy (non-hydrogen) atoms. The van der Waals surface area contributed by atoms with E-state index >= 15 is 0 Å². The first kappa shape index (κ1) is 29.3. The zero-order valence-corrected chi connectivity index (χ0v) is 25.1. The maximum atomic E-state index is 14.2. The summed E-state index contributed by atoms with van der Waals surface area (Å²) in [7, 11) is 0. The molecular weight excluding hydrogens is 516 g/mol. The molecule has 228 valence electrons. The maximum absolute atomic E-state index is 14.2. The average molecular weight is 567 g/mol. The fourth-order valence-corrected chi connectivity index (χ4v) is 11.0. The average Bonchev–Trinajstić information content (AvgIpc) is 3.35. The number of aliphatic hydroxyl groups excluding tert-OH is 4. The van der Waals surface area contributed by atoms with Crippen molar-refractivity contribution >= 4 is 5.97 Å². The molecule has 0 amide bonds. The normalized spacial score (nSPS) is 57.0. The first-order chi connectivity index (χ1) is 18.5. The van der Waals surface area contributed by atoms with Crippen molar-refractivity contribution < 1.29 is 44.2 Å². The summed E-state index contributed by atoms with van der Waals surface area (Å²) in [5.74, 6) is -0.521. The van der Waals surface area contributed by atoms with E-state index in [4.69, 9.17) is 18.9 Å². The molecule has 9 nitrogen and oxygen atoms in total. The first-order valence-electron chi connectivity index (χ1n) is 15.4. The second-order valence-electron chi connectivity index (χ2n) is 15.5. The van der Waals surface area contributed by atoms with E-state index in [-0.39, 0.29) is 27.3 Å². The summed E-state index contributed by atoms with van der Waals surface area (Å²) in [6.07, 6.45) is 1.52. The van der Waals surface area contributed by atoms with E-state index < -0.39 is 54.5 Å². The molecule has 0 aromatic rings. The van der Waals surface area contributed by atoms with Crippen LogP contribution >= 0.6 is 0 Å². The number of carbonyl (C=O) groups excluding carboxylic acids is 1. The highest BCUT2D eigenvalue weighted by atomic mass is 16.8. The molecule has 4 aliphatic carbocycles. The zero-order chi connectivity index (χ0) is 29.1. The molecule has 9 heteroatoms. The van der Waals surface area contributed by atoms with Crippen LogP contribution in [0.25, 0.3) is 0 Å². The summed E-state index contributed by atoms with van der Waals surface area (Å²) < 4.78 is 24.3. The van der Waals surface area contributed by atoms with Crippen LogP contribution in [0.4, 0.5) is 0 Å². The van der Waals surface area contributed by atoms with Crippen LogP contribution in [0.2, 0.25) is 0 Å². The summed E-state index contributed by atoms with van der Waals surface area (Å²) in [5, 5.41) is 40.6. The van der Waals surface area contributed by atoms with E-state index in [9.17, 15) is 25.2 Å². The Labute approximate surface area is 237 Å². The fourth-order valence-electron chi connectivity index (χ4n) is 11.0. The Morgan fingerprint density at radius 2 is 1.60 bits per heavy atom. The lowest BCUT2D eigenvalue weighted by Crippen LogP contribution is -2.69. The summed E-state index contributed by atoms with van der Waals surface area (Å²) in [5.41, 5.74) is -1.48. The van der Waals surface area contributed by atoms with Gasteiger partial charge in [0.05, 0.1) is 24.2 Å². The number of carbonyl (C=O) groups is 1. The van der Waals surface area contributed by atoms with Crippen LogP contribution in [0.15, 0.2) is 0 Å². The Balaban J connectivity index is 1.31. The minimum absolute atomic E-state index is 0.00576. The van der Waals surface area contributed by atoms with Crippen LogP contribution in [0.5, 0.6) is 0 Å². The van der Waals surface area contributed by atoms with E-state index in [1.54, 1.807) is 0 Å². The van der Waals surface area contributed by atoms with Gasteiger partial charge in [-0.15, -0.1) is 0 Å². The second-order valence-corrected chi connectivity index (χ2v) is 15.5. The van der Waals surface area contributed by atoms with Crippen molar-refractivity contribution in [3.8, 4) is 0 Å². The fraction of sp³-hybridized carbons (Fsp3) is 0.968. The standard InChI is InChI=1S/C31H50O9/c1-25(2)37-17-31(40-25)16-30-13-12-27(4)26(3,9-7-10-28(27,5)29(30,6)11-8-18(31)14-30)24(36)39-23-22(35)21(34)20(33)19(15-32)38-23/h18-23,32-35H,7-17H2,1-6H3/t18-,19+,20+,21-,22+,23-,26-,27+,28+,29-,30-,31+/m0/s1. The van der Waals surface area contributed by atoms with Gasteiger partial charge in [-0.2, -0.15) is 0 Å². The van der Waals surface area contributed by atoms with Crippen LogP contribution in [-0.4, -0.2) is 81.7 Å². The molecule has 12 atom stereocenters. The van der Waals surface area contributed by atoms with Crippen molar-refractivity contribution in [2.24, 2.45) is 33.0 Å². The zero-order valence-electron chi connectivity index (χ0n) is 25.1. The highest BCUT2D eigenvalue weighted by molar-refractivity contribution is 5.78. The summed E-state index contributed by atoms with van der Waals surface area (Å²) >= 11 is 0. The predicted molar refractivity (Wildman–Crippen MR) is 144 cm³/mol. The third-order valence-electron chi connectivity index (χ3n) is 13.9. The number of hydrogen-bond acceptors (Lipinski definition) is 9. The van der Waals surface area contributed by atoms with Gasteiger partial charge in [0.2, 0.25) is 6.29 Å². The van der Waals surface area contributed by atoms with Gasteiger partial charge in [-0.3, -0.25) is 4.79 Å². The SMILES string of the molecule is CC1(C)OC[C@@]2(C[C@@]34CC[C@@]5(C)[C@@](C)(CCC[C@@]5(C)C(=O)O[C@@H]5O[C@H](CO)[C@@H](O)[C@H](O)[C@H]5O)[C@]3(C)CC[C@H]2C4)O1. The third-order valence-corrected chi connectivity index (χ3v) is 13.9. The quantitative estimate of drug-likeness (QED) is 0.380. The lowest BCUT2D eigenvalue weighted by Gasteiger charge is -2.73. The molecule has 2 saturated heterocycles. The molecule has 6 rings (SSSR count). The summed E-state index contributed by atoms with van der Waals surface area (Å²) in [4.78, 5) is 14.2. The Bertz CT molecular complexity index is 1050. The molecule has 0 aromatic carbocycles. The van der Waals surface area contributed by atoms with Gasteiger partial charge in [-0.1, -0.05) is 27.2 Å². The molecular formula is C31H50O9. The molecule has 2 heterocycles. The van der Waals surface area contributed by atoms with Crippen molar-refractivity contribution in [2.45, 2.75) is 141 Å². The summed E-state index contributed by atoms with van der Waals surface area (Å²) in [6.45, 7) is 13.3. The number of rotatable bonds is 3. The third kappa shape index (κ3) is 3.49. The Morgan fingerprint density at radius 1 is 0.875 bits per heavy atom. The van der Waals surface area contributed by atoms with Gasteiger partial charge in [0, 0.05) is 0 Å². The van der Waals surface area contributed by atoms with Gasteiger partial charge >= 0.3 is 5.97 Å². The largest absolute Gasteiger partial charge is 0.432 e. The smallest absolute Gasteiger partial charge is 0.314 e. The van der Waals surface area contributed by atoms with Crippen molar-refractivity contribution in [2.75, 3.05) is 13.2 Å². The van der Waals surface area contributed by atoms with Gasteiger partial charge in [0.25, 0.3) is 0 Å². The molecule has 6 aliphatic rings. The van der Waals surface area contributed by atoms with Crippen molar-refractivity contribution in [1.29, 1.82) is 0 Å². The first-order valence-corrected chi connectivity index (χ1v) is 15.4. The van der Waals surface area contributed by atoms with Crippen LogP contribution in [-0.2, 0) is 23.7 Å². The Hall–Kier alpha value is -0.810. The van der Waals surface area contributed by atoms with Crippen molar-refractivity contribution in [1.82, 2.24) is 0 Å².